The summed E-state index contributed by atoms with van der Waals surface area (Å²) >= 11 is 0. The number of hydrogen-bond acceptors (Lipinski definition) is 2. The molecule has 3 rings (SSSR count). The zero-order valence-electron chi connectivity index (χ0n) is 16.6. The van der Waals surface area contributed by atoms with Gasteiger partial charge in [-0.3, -0.25) is 4.90 Å². The van der Waals surface area contributed by atoms with E-state index in [-0.39, 0.29) is 5.82 Å². The van der Waals surface area contributed by atoms with Gasteiger partial charge in [-0.25, -0.2) is 4.39 Å². The molecule has 0 fully saturated rings. The van der Waals surface area contributed by atoms with Crippen molar-refractivity contribution < 1.29 is 9.50 Å². The highest BCUT2D eigenvalue weighted by atomic mass is 19.1. The number of nitrogens with zero attached hydrogens (tertiary/aromatic N) is 1. The van der Waals surface area contributed by atoms with Crippen LogP contribution in [0.2, 0.25) is 0 Å². The molecule has 0 aliphatic carbocycles. The first-order valence-corrected chi connectivity index (χ1v) is 9.74. The Morgan fingerprint density at radius 1 is 0.857 bits per heavy atom. The summed E-state index contributed by atoms with van der Waals surface area (Å²) in [6, 6.07) is 23.1. The van der Waals surface area contributed by atoms with Gasteiger partial charge in [-0.15, -0.1) is 0 Å². The normalized spacial score (nSPS) is 12.3. The third kappa shape index (κ3) is 6.01. The van der Waals surface area contributed by atoms with Gasteiger partial charge in [0.2, 0.25) is 0 Å². The lowest BCUT2D eigenvalue weighted by Crippen LogP contribution is -2.33. The van der Waals surface area contributed by atoms with Crippen molar-refractivity contribution in [2.75, 3.05) is 6.54 Å². The Kier molecular flexibility index (Phi) is 6.96. The number of aryl methyl sites for hydroxylation is 2. The second-order valence-electron chi connectivity index (χ2n) is 7.57. The number of halogens is 1. The van der Waals surface area contributed by atoms with E-state index in [0.29, 0.717) is 19.5 Å². The summed E-state index contributed by atoms with van der Waals surface area (Å²) in [4.78, 5) is 2.24. The fraction of sp³-hybridized carbons (Fsp3) is 0.280. The maximum absolute atomic E-state index is 13.3. The highest BCUT2D eigenvalue weighted by Crippen LogP contribution is 2.17. The topological polar surface area (TPSA) is 23.5 Å². The van der Waals surface area contributed by atoms with Crippen molar-refractivity contribution in [2.45, 2.75) is 39.5 Å². The SMILES string of the molecule is Cc1ccc(C)c(CN(Cc2ccc(F)cc2)CC(O)Cc2ccccc2)c1. The molecule has 0 saturated heterocycles. The Morgan fingerprint density at radius 3 is 2.29 bits per heavy atom. The van der Waals surface area contributed by atoms with Gasteiger partial charge in [0.05, 0.1) is 6.10 Å². The third-order valence-electron chi connectivity index (χ3n) is 5.00. The van der Waals surface area contributed by atoms with E-state index >= 15 is 0 Å². The molecule has 0 saturated carbocycles. The van der Waals surface area contributed by atoms with Crippen molar-refractivity contribution in [3.8, 4) is 0 Å². The number of benzene rings is 3. The highest BCUT2D eigenvalue weighted by molar-refractivity contribution is 5.30. The van der Waals surface area contributed by atoms with Gasteiger partial charge in [0.15, 0.2) is 0 Å². The lowest BCUT2D eigenvalue weighted by Gasteiger charge is -2.26. The Bertz CT molecular complexity index is 877. The molecule has 1 N–H and O–H groups in total. The van der Waals surface area contributed by atoms with Crippen LogP contribution in [-0.4, -0.2) is 22.7 Å². The molecule has 28 heavy (non-hydrogen) atoms. The second kappa shape index (κ2) is 9.63. The maximum atomic E-state index is 13.3. The molecule has 0 aliphatic heterocycles. The highest BCUT2D eigenvalue weighted by Gasteiger charge is 2.15. The Balaban J connectivity index is 1.74. The van der Waals surface area contributed by atoms with Crippen molar-refractivity contribution in [3.05, 3.63) is 106 Å². The van der Waals surface area contributed by atoms with E-state index in [4.69, 9.17) is 0 Å². The molecule has 1 unspecified atom stereocenters. The average molecular weight is 378 g/mol. The van der Waals surface area contributed by atoms with Crippen LogP contribution >= 0.6 is 0 Å². The molecule has 0 amide bonds. The fourth-order valence-electron chi connectivity index (χ4n) is 3.49. The van der Waals surface area contributed by atoms with Crippen LogP contribution in [0.15, 0.2) is 72.8 Å². The predicted octanol–water partition coefficient (Wildman–Crippen LogP) is 5.05. The van der Waals surface area contributed by atoms with Crippen LogP contribution in [0.3, 0.4) is 0 Å². The summed E-state index contributed by atoms with van der Waals surface area (Å²) in [5.74, 6) is -0.228. The Labute approximate surface area is 167 Å². The number of aliphatic hydroxyl groups excluding tert-OH is 1. The largest absolute Gasteiger partial charge is 0.391 e. The minimum atomic E-state index is -0.465. The van der Waals surface area contributed by atoms with Gasteiger partial charge in [0.25, 0.3) is 0 Å². The van der Waals surface area contributed by atoms with Crippen LogP contribution in [0.25, 0.3) is 0 Å². The van der Waals surface area contributed by atoms with Crippen LogP contribution < -0.4 is 0 Å². The van der Waals surface area contributed by atoms with Crippen LogP contribution in [0.4, 0.5) is 4.39 Å². The minimum absolute atomic E-state index is 0.228. The summed E-state index contributed by atoms with van der Waals surface area (Å²) in [5, 5.41) is 10.7. The lowest BCUT2D eigenvalue weighted by atomic mass is 10.0. The van der Waals surface area contributed by atoms with Crippen molar-refractivity contribution in [2.24, 2.45) is 0 Å². The molecule has 0 heterocycles. The van der Waals surface area contributed by atoms with E-state index in [2.05, 4.69) is 36.9 Å². The molecule has 2 nitrogen and oxygen atoms in total. The molecular formula is C25H28FNO. The van der Waals surface area contributed by atoms with Crippen molar-refractivity contribution in [3.63, 3.8) is 0 Å². The zero-order valence-corrected chi connectivity index (χ0v) is 16.6. The second-order valence-corrected chi connectivity index (χ2v) is 7.57. The van der Waals surface area contributed by atoms with Crippen molar-refractivity contribution >= 4 is 0 Å². The maximum Gasteiger partial charge on any atom is 0.123 e. The molecule has 0 aliphatic rings. The molecule has 0 radical (unpaired) electrons. The van der Waals surface area contributed by atoms with Crippen molar-refractivity contribution in [1.82, 2.24) is 4.90 Å². The minimum Gasteiger partial charge on any atom is -0.391 e. The summed E-state index contributed by atoms with van der Waals surface area (Å²) in [6.45, 7) is 6.18. The molecule has 0 spiro atoms. The van der Waals surface area contributed by atoms with E-state index < -0.39 is 6.10 Å². The van der Waals surface area contributed by atoms with Gasteiger partial charge in [-0.2, -0.15) is 0 Å². The molecule has 1 atom stereocenters. The fourth-order valence-corrected chi connectivity index (χ4v) is 3.49. The van der Waals surface area contributed by atoms with Crippen LogP contribution in [0, 0.1) is 19.7 Å². The molecule has 0 bridgehead atoms. The number of rotatable bonds is 8. The summed E-state index contributed by atoms with van der Waals surface area (Å²) in [5.41, 5.74) is 5.90. The van der Waals surface area contributed by atoms with Gasteiger partial charge < -0.3 is 5.11 Å². The smallest absolute Gasteiger partial charge is 0.123 e. The van der Waals surface area contributed by atoms with Crippen LogP contribution in [0.1, 0.15) is 27.8 Å². The number of aliphatic hydroxyl groups is 1. The van der Waals surface area contributed by atoms with E-state index in [1.165, 1.54) is 28.8 Å². The molecule has 3 aromatic rings. The van der Waals surface area contributed by atoms with Gasteiger partial charge in [0.1, 0.15) is 5.82 Å². The molecule has 146 valence electrons. The first kappa shape index (κ1) is 20.2. The average Bonchev–Trinajstić information content (AvgIpc) is 2.67. The van der Waals surface area contributed by atoms with Gasteiger partial charge in [-0.05, 0) is 54.7 Å². The van der Waals surface area contributed by atoms with Crippen LogP contribution in [0.5, 0.6) is 0 Å². The summed E-state index contributed by atoms with van der Waals surface area (Å²) in [6.07, 6.45) is 0.154. The van der Waals surface area contributed by atoms with E-state index in [9.17, 15) is 9.50 Å². The first-order valence-electron chi connectivity index (χ1n) is 9.74. The Morgan fingerprint density at radius 2 is 1.57 bits per heavy atom. The zero-order chi connectivity index (χ0) is 19.9. The lowest BCUT2D eigenvalue weighted by molar-refractivity contribution is 0.104. The van der Waals surface area contributed by atoms with Crippen molar-refractivity contribution in [1.29, 1.82) is 0 Å². The Hall–Kier alpha value is -2.49. The monoisotopic (exact) mass is 377 g/mol. The first-order chi connectivity index (χ1) is 13.5. The predicted molar refractivity (Wildman–Crippen MR) is 113 cm³/mol. The molecule has 3 heteroatoms. The standard InChI is InChI=1S/C25H28FNO/c1-19-8-9-20(2)23(14-19)17-27(16-22-10-12-24(26)13-11-22)18-25(28)15-21-6-4-3-5-7-21/h3-14,25,28H,15-18H2,1-2H3. The van der Waals surface area contributed by atoms with E-state index in [1.54, 1.807) is 0 Å². The summed E-state index contributed by atoms with van der Waals surface area (Å²) in [7, 11) is 0. The van der Waals surface area contributed by atoms with Crippen LogP contribution in [-0.2, 0) is 19.5 Å². The van der Waals surface area contributed by atoms with Gasteiger partial charge >= 0.3 is 0 Å². The molecular weight excluding hydrogens is 349 g/mol. The molecule has 3 aromatic carbocycles. The third-order valence-corrected chi connectivity index (χ3v) is 5.00. The summed E-state index contributed by atoms with van der Waals surface area (Å²) < 4.78 is 13.3. The van der Waals surface area contributed by atoms with Gasteiger partial charge in [0, 0.05) is 19.6 Å². The molecule has 0 aromatic heterocycles. The van der Waals surface area contributed by atoms with E-state index in [0.717, 1.165) is 17.7 Å². The quantitative estimate of drug-likeness (QED) is 0.594. The van der Waals surface area contributed by atoms with Gasteiger partial charge in [-0.1, -0.05) is 66.2 Å². The number of hydrogen-bond donors (Lipinski definition) is 1. The van der Waals surface area contributed by atoms with E-state index in [1.807, 2.05) is 42.5 Å².